The number of rotatable bonds is 4. The van der Waals surface area contributed by atoms with Crippen molar-refractivity contribution in [2.24, 2.45) is 0 Å². The molecular weight excluding hydrogens is 315 g/mol. The number of hydrogen-bond donors (Lipinski definition) is 1. The Morgan fingerprint density at radius 2 is 2.00 bits per heavy atom. The summed E-state index contributed by atoms with van der Waals surface area (Å²) in [7, 11) is 0. The summed E-state index contributed by atoms with van der Waals surface area (Å²) in [5, 5.41) is 11.8. The summed E-state index contributed by atoms with van der Waals surface area (Å²) in [5.74, 6) is -0.508. The average Bonchev–Trinajstić information content (AvgIpc) is 2.67. The molecule has 0 spiro atoms. The Morgan fingerprint density at radius 1 is 1.39 bits per heavy atom. The number of para-hydroxylation sites is 1. The highest BCUT2D eigenvalue weighted by Crippen LogP contribution is 2.36. The third kappa shape index (κ3) is 3.61. The maximum absolute atomic E-state index is 13.5. The predicted molar refractivity (Wildman–Crippen MR) is 75.3 cm³/mol. The molecule has 126 valence electrons. The molecule has 1 aromatic carbocycles. The van der Waals surface area contributed by atoms with Gasteiger partial charge in [-0.15, -0.1) is 0 Å². The minimum atomic E-state index is -4.65. The summed E-state index contributed by atoms with van der Waals surface area (Å²) < 4.78 is 40.5. The number of nitrogens with zero attached hydrogens (tertiary/aromatic N) is 2. The molecule has 23 heavy (non-hydrogen) atoms. The molecule has 1 aliphatic rings. The normalized spacial score (nSPS) is 19.4. The fourth-order valence-electron chi connectivity index (χ4n) is 2.73. The number of nitrogens with one attached hydrogen (secondary N) is 1. The molecule has 1 atom stereocenters. The molecule has 1 N–H and O–H groups in total. The van der Waals surface area contributed by atoms with Crippen molar-refractivity contribution in [3.05, 3.63) is 39.9 Å². The van der Waals surface area contributed by atoms with Crippen molar-refractivity contribution >= 4 is 11.6 Å². The molecule has 0 saturated carbocycles. The molecule has 6 nitrogen and oxygen atoms in total. The van der Waals surface area contributed by atoms with E-state index in [1.807, 2.05) is 0 Å². The zero-order valence-corrected chi connectivity index (χ0v) is 12.6. The van der Waals surface area contributed by atoms with Crippen LogP contribution < -0.4 is 5.43 Å². The highest BCUT2D eigenvalue weighted by atomic mass is 19.4. The van der Waals surface area contributed by atoms with Crippen molar-refractivity contribution in [3.63, 3.8) is 0 Å². The van der Waals surface area contributed by atoms with Crippen molar-refractivity contribution in [2.45, 2.75) is 44.4 Å². The number of carbonyl (C=O) groups is 1. The molecular formula is C14H16F3N3O3. The van der Waals surface area contributed by atoms with Gasteiger partial charge in [-0.3, -0.25) is 20.3 Å². The predicted octanol–water partition coefficient (Wildman–Crippen LogP) is 2.58. The van der Waals surface area contributed by atoms with Crippen molar-refractivity contribution in [1.29, 1.82) is 0 Å². The molecule has 0 radical (unpaired) electrons. The van der Waals surface area contributed by atoms with Crippen LogP contribution in [-0.4, -0.2) is 33.6 Å². The number of hydrazine groups is 1. The molecule has 1 saturated heterocycles. The van der Waals surface area contributed by atoms with Crippen molar-refractivity contribution < 1.29 is 22.9 Å². The lowest BCUT2D eigenvalue weighted by Crippen LogP contribution is -2.57. The summed E-state index contributed by atoms with van der Waals surface area (Å²) in [6.45, 7) is 3.03. The maximum atomic E-state index is 13.5. The van der Waals surface area contributed by atoms with Crippen LogP contribution in [0.15, 0.2) is 24.3 Å². The second-order valence-corrected chi connectivity index (χ2v) is 6.04. The van der Waals surface area contributed by atoms with Crippen LogP contribution in [0, 0.1) is 10.1 Å². The Labute approximate surface area is 130 Å². The van der Waals surface area contributed by atoms with Gasteiger partial charge in [0.25, 0.3) is 5.69 Å². The number of nitro benzene ring substituents is 1. The molecule has 0 aliphatic carbocycles. The van der Waals surface area contributed by atoms with E-state index in [0.717, 1.165) is 11.1 Å². The molecule has 1 amide bonds. The number of halogens is 3. The molecule has 1 heterocycles. The summed E-state index contributed by atoms with van der Waals surface area (Å²) in [6.07, 6.45) is -5.35. The molecule has 1 fully saturated rings. The highest BCUT2D eigenvalue weighted by molar-refractivity contribution is 5.79. The summed E-state index contributed by atoms with van der Waals surface area (Å²) >= 11 is 0. The molecule has 0 aromatic heterocycles. The van der Waals surface area contributed by atoms with Crippen LogP contribution in [0.3, 0.4) is 0 Å². The van der Waals surface area contributed by atoms with Crippen LogP contribution in [0.5, 0.6) is 0 Å². The van der Waals surface area contributed by atoms with Gasteiger partial charge in [-0.2, -0.15) is 13.2 Å². The van der Waals surface area contributed by atoms with Crippen molar-refractivity contribution in [2.75, 3.05) is 0 Å². The second kappa shape index (κ2) is 5.80. The summed E-state index contributed by atoms with van der Waals surface area (Å²) in [6, 6.07) is 3.25. The van der Waals surface area contributed by atoms with Crippen LogP contribution in [0.25, 0.3) is 0 Å². The molecule has 1 aromatic rings. The van der Waals surface area contributed by atoms with Gasteiger partial charge in [0.1, 0.15) is 6.04 Å². The van der Waals surface area contributed by atoms with Gasteiger partial charge < -0.3 is 0 Å². The fourth-order valence-corrected chi connectivity index (χ4v) is 2.73. The molecule has 0 unspecified atom stereocenters. The van der Waals surface area contributed by atoms with Gasteiger partial charge in [0, 0.05) is 30.0 Å². The molecule has 0 bridgehead atoms. The smallest absolute Gasteiger partial charge is 0.288 e. The lowest BCUT2D eigenvalue weighted by atomic mass is 9.96. The maximum Gasteiger partial charge on any atom is 0.406 e. The number of benzene rings is 1. The van der Waals surface area contributed by atoms with E-state index in [9.17, 15) is 28.1 Å². The fraction of sp³-hybridized carbons (Fsp3) is 0.500. The first-order valence-corrected chi connectivity index (χ1v) is 6.90. The largest absolute Gasteiger partial charge is 0.406 e. The Kier molecular flexibility index (Phi) is 4.34. The summed E-state index contributed by atoms with van der Waals surface area (Å²) in [5.41, 5.74) is 0.782. The minimum Gasteiger partial charge on any atom is -0.288 e. The minimum absolute atomic E-state index is 0.0308. The lowest BCUT2D eigenvalue weighted by Gasteiger charge is -2.37. The van der Waals surface area contributed by atoms with Gasteiger partial charge in [-0.25, -0.2) is 5.01 Å². The Hall–Kier alpha value is -2.16. The van der Waals surface area contributed by atoms with Gasteiger partial charge in [-0.05, 0) is 13.8 Å². The monoisotopic (exact) mass is 331 g/mol. The SMILES string of the molecule is CC1(C)CC(=O)NN1[C@@H](Cc1ccccc1[N+](=O)[O-])C(F)(F)F. The topological polar surface area (TPSA) is 75.5 Å². The second-order valence-electron chi connectivity index (χ2n) is 6.04. The third-order valence-electron chi connectivity index (χ3n) is 3.78. The molecule has 9 heteroatoms. The van der Waals surface area contributed by atoms with Crippen LogP contribution in [0.1, 0.15) is 25.8 Å². The third-order valence-corrected chi connectivity index (χ3v) is 3.78. The zero-order valence-electron chi connectivity index (χ0n) is 12.6. The van der Waals surface area contributed by atoms with Gasteiger partial charge in [0.05, 0.1) is 4.92 Å². The van der Waals surface area contributed by atoms with Gasteiger partial charge >= 0.3 is 6.18 Å². The Bertz CT molecular complexity index is 631. The molecule has 2 rings (SSSR count). The van der Waals surface area contributed by atoms with Gasteiger partial charge in [0.2, 0.25) is 5.91 Å². The van der Waals surface area contributed by atoms with E-state index in [4.69, 9.17) is 0 Å². The van der Waals surface area contributed by atoms with Crippen molar-refractivity contribution in [1.82, 2.24) is 10.4 Å². The number of hydrogen-bond acceptors (Lipinski definition) is 4. The first-order valence-electron chi connectivity index (χ1n) is 6.90. The number of carbonyl (C=O) groups excluding carboxylic acids is 1. The average molecular weight is 331 g/mol. The summed E-state index contributed by atoms with van der Waals surface area (Å²) in [4.78, 5) is 21.8. The lowest BCUT2D eigenvalue weighted by molar-refractivity contribution is -0.385. The number of nitro groups is 1. The zero-order chi connectivity index (χ0) is 17.4. The van der Waals surface area contributed by atoms with Crippen molar-refractivity contribution in [3.8, 4) is 0 Å². The van der Waals surface area contributed by atoms with Crippen LogP contribution in [-0.2, 0) is 11.2 Å². The number of amides is 1. The first-order chi connectivity index (χ1) is 10.5. The Morgan fingerprint density at radius 3 is 2.48 bits per heavy atom. The van der Waals surface area contributed by atoms with Crippen LogP contribution >= 0.6 is 0 Å². The Balaban J connectivity index is 2.39. The standard InChI is InChI=1S/C14H16F3N3O3/c1-13(2)8-12(21)18-19(13)11(14(15,16)17)7-9-5-3-4-6-10(9)20(22)23/h3-6,11H,7-8H2,1-2H3,(H,18,21)/t11-/m0/s1. The van der Waals surface area contributed by atoms with E-state index >= 15 is 0 Å². The van der Waals surface area contributed by atoms with E-state index in [0.29, 0.717) is 0 Å². The van der Waals surface area contributed by atoms with Crippen LogP contribution in [0.4, 0.5) is 18.9 Å². The molecule has 1 aliphatic heterocycles. The van der Waals surface area contributed by atoms with Gasteiger partial charge in [0.15, 0.2) is 0 Å². The van der Waals surface area contributed by atoms with E-state index in [-0.39, 0.29) is 17.7 Å². The van der Waals surface area contributed by atoms with E-state index in [2.05, 4.69) is 5.43 Å². The van der Waals surface area contributed by atoms with E-state index in [1.54, 1.807) is 0 Å². The van der Waals surface area contributed by atoms with E-state index < -0.39 is 35.0 Å². The number of alkyl halides is 3. The first kappa shape index (κ1) is 17.2. The van der Waals surface area contributed by atoms with Crippen LogP contribution in [0.2, 0.25) is 0 Å². The highest BCUT2D eigenvalue weighted by Gasteiger charge is 2.52. The van der Waals surface area contributed by atoms with E-state index in [1.165, 1.54) is 32.0 Å². The van der Waals surface area contributed by atoms with Gasteiger partial charge in [-0.1, -0.05) is 18.2 Å². The quantitative estimate of drug-likeness (QED) is 0.680.